The first-order valence-corrected chi connectivity index (χ1v) is 11.6. The summed E-state index contributed by atoms with van der Waals surface area (Å²) in [6.07, 6.45) is 1.93. The van der Waals surface area contributed by atoms with Crippen LogP contribution in [0, 0.1) is 13.8 Å². The van der Waals surface area contributed by atoms with Gasteiger partial charge in [0.25, 0.3) is 0 Å². The van der Waals surface area contributed by atoms with Crippen LogP contribution >= 0.6 is 11.8 Å². The summed E-state index contributed by atoms with van der Waals surface area (Å²) in [5, 5.41) is 9.07. The molecule has 8 nitrogen and oxygen atoms in total. The minimum atomic E-state index is 0.438. The summed E-state index contributed by atoms with van der Waals surface area (Å²) in [6.45, 7) is 3.91. The van der Waals surface area contributed by atoms with E-state index in [0.717, 1.165) is 44.6 Å². The molecule has 0 radical (unpaired) electrons. The van der Waals surface area contributed by atoms with Gasteiger partial charge in [-0.25, -0.2) is 0 Å². The Kier molecular flexibility index (Phi) is 5.39. The molecule has 0 saturated carbocycles. The molecular weight excluding hydrogens is 432 g/mol. The van der Waals surface area contributed by atoms with Crippen LogP contribution in [0.5, 0.6) is 0 Å². The third kappa shape index (κ3) is 4.49. The molecule has 0 aliphatic rings. The number of thioether (sulfide) groups is 1. The van der Waals surface area contributed by atoms with E-state index in [4.69, 9.17) is 5.73 Å². The lowest BCUT2D eigenvalue weighted by Gasteiger charge is -2.11. The number of nitrogen functional groups attached to an aromatic ring is 1. The molecule has 0 atom stereocenters. The quantitative estimate of drug-likeness (QED) is 0.301. The highest BCUT2D eigenvalue weighted by Crippen LogP contribution is 2.27. The molecule has 0 amide bonds. The van der Waals surface area contributed by atoms with Crippen LogP contribution in [0.3, 0.4) is 0 Å². The molecule has 9 heteroatoms. The van der Waals surface area contributed by atoms with Gasteiger partial charge in [0.15, 0.2) is 5.16 Å². The number of fused-ring (bicyclic) bond motifs is 2. The van der Waals surface area contributed by atoms with Gasteiger partial charge in [0.2, 0.25) is 11.9 Å². The van der Waals surface area contributed by atoms with Crippen LogP contribution in [0.15, 0.2) is 59.8 Å². The molecular formula is C24H22N8S. The predicted molar refractivity (Wildman–Crippen MR) is 136 cm³/mol. The summed E-state index contributed by atoms with van der Waals surface area (Å²) >= 11 is 1.45. The number of nitrogens with zero attached hydrogens (tertiary/aromatic N) is 5. The van der Waals surface area contributed by atoms with Gasteiger partial charge < -0.3 is 16.4 Å². The SMILES string of the molecule is CSc1nc(Nc2ccc3nc(C)ccc3c2)nc(Nc2ccc3nc(C)cc(N)c3c2)n1. The molecule has 33 heavy (non-hydrogen) atoms. The van der Waals surface area contributed by atoms with Gasteiger partial charge in [-0.2, -0.15) is 15.0 Å². The molecule has 0 aliphatic carbocycles. The fourth-order valence-electron chi connectivity index (χ4n) is 3.59. The van der Waals surface area contributed by atoms with Crippen molar-refractivity contribution in [2.24, 2.45) is 0 Å². The second-order valence-electron chi connectivity index (χ2n) is 7.66. The van der Waals surface area contributed by atoms with Gasteiger partial charge in [-0.05, 0) is 68.6 Å². The molecule has 0 saturated heterocycles. The van der Waals surface area contributed by atoms with Gasteiger partial charge in [0, 0.05) is 39.2 Å². The van der Waals surface area contributed by atoms with Crippen molar-refractivity contribution >= 4 is 62.5 Å². The van der Waals surface area contributed by atoms with Crippen LogP contribution in [0.25, 0.3) is 21.8 Å². The van der Waals surface area contributed by atoms with Crippen LogP contribution in [0.4, 0.5) is 29.0 Å². The third-order valence-electron chi connectivity index (χ3n) is 5.11. The number of anilines is 5. The average molecular weight is 455 g/mol. The van der Waals surface area contributed by atoms with E-state index >= 15 is 0 Å². The van der Waals surface area contributed by atoms with E-state index in [1.54, 1.807) is 0 Å². The van der Waals surface area contributed by atoms with Crippen molar-refractivity contribution in [2.45, 2.75) is 19.0 Å². The first-order chi connectivity index (χ1) is 16.0. The highest BCUT2D eigenvalue weighted by Gasteiger charge is 2.09. The Bertz CT molecular complexity index is 1500. The van der Waals surface area contributed by atoms with Crippen molar-refractivity contribution in [3.05, 3.63) is 66.0 Å². The minimum Gasteiger partial charge on any atom is -0.398 e. The Labute approximate surface area is 195 Å². The van der Waals surface area contributed by atoms with Crippen LogP contribution in [0.2, 0.25) is 0 Å². The number of aryl methyl sites for hydroxylation is 2. The maximum absolute atomic E-state index is 6.20. The van der Waals surface area contributed by atoms with Crippen molar-refractivity contribution in [1.29, 1.82) is 0 Å². The van der Waals surface area contributed by atoms with E-state index in [-0.39, 0.29) is 0 Å². The zero-order valence-corrected chi connectivity index (χ0v) is 19.2. The molecule has 2 aromatic carbocycles. The topological polar surface area (TPSA) is 115 Å². The lowest BCUT2D eigenvalue weighted by Crippen LogP contribution is -2.05. The summed E-state index contributed by atoms with van der Waals surface area (Å²) in [4.78, 5) is 22.6. The van der Waals surface area contributed by atoms with Crippen molar-refractivity contribution in [3.8, 4) is 0 Å². The number of hydrogen-bond acceptors (Lipinski definition) is 9. The van der Waals surface area contributed by atoms with Gasteiger partial charge in [-0.3, -0.25) is 9.97 Å². The smallest absolute Gasteiger partial charge is 0.233 e. The van der Waals surface area contributed by atoms with E-state index < -0.39 is 0 Å². The Balaban J connectivity index is 1.45. The number of benzene rings is 2. The zero-order chi connectivity index (χ0) is 22.9. The van der Waals surface area contributed by atoms with Gasteiger partial charge in [-0.1, -0.05) is 17.8 Å². The van der Waals surface area contributed by atoms with Gasteiger partial charge >= 0.3 is 0 Å². The standard InChI is InChI=1S/C24H22N8S/c1-13-4-5-15-11-16(6-8-20(15)26-13)28-22-30-23(32-24(31-22)33-3)29-17-7-9-21-18(12-17)19(25)10-14(2)27-21/h4-12H,1-3H3,(H2,25,27)(H2,28,29,30,31,32). The van der Waals surface area contributed by atoms with E-state index in [2.05, 4.69) is 41.6 Å². The molecule has 3 heterocycles. The Hall–Kier alpha value is -3.98. The Morgan fingerprint density at radius 2 is 1.36 bits per heavy atom. The minimum absolute atomic E-state index is 0.438. The van der Waals surface area contributed by atoms with Gasteiger partial charge in [-0.15, -0.1) is 0 Å². The monoisotopic (exact) mass is 454 g/mol. The number of nitrogens with two attached hydrogens (primary N) is 1. The second-order valence-corrected chi connectivity index (χ2v) is 8.44. The second kappa shape index (κ2) is 8.51. The van der Waals surface area contributed by atoms with Crippen molar-refractivity contribution in [1.82, 2.24) is 24.9 Å². The van der Waals surface area contributed by atoms with Crippen LogP contribution in [0.1, 0.15) is 11.4 Å². The van der Waals surface area contributed by atoms with Crippen LogP contribution in [-0.2, 0) is 0 Å². The molecule has 0 unspecified atom stereocenters. The third-order valence-corrected chi connectivity index (χ3v) is 5.65. The van der Waals surface area contributed by atoms with E-state index in [0.29, 0.717) is 22.7 Å². The van der Waals surface area contributed by atoms with Crippen LogP contribution < -0.4 is 16.4 Å². The summed E-state index contributed by atoms with van der Waals surface area (Å²) in [6, 6.07) is 17.7. The maximum Gasteiger partial charge on any atom is 0.233 e. The van der Waals surface area contributed by atoms with Gasteiger partial charge in [0.05, 0.1) is 11.0 Å². The Morgan fingerprint density at radius 1 is 0.697 bits per heavy atom. The highest BCUT2D eigenvalue weighted by atomic mass is 32.2. The molecule has 3 aromatic heterocycles. The van der Waals surface area contributed by atoms with Crippen molar-refractivity contribution in [2.75, 3.05) is 22.6 Å². The number of rotatable bonds is 5. The summed E-state index contributed by atoms with van der Waals surface area (Å²) in [5.74, 6) is 0.891. The maximum atomic E-state index is 6.20. The number of hydrogen-bond donors (Lipinski definition) is 3. The fourth-order valence-corrected chi connectivity index (χ4v) is 3.95. The Morgan fingerprint density at radius 3 is 2.09 bits per heavy atom. The summed E-state index contributed by atoms with van der Waals surface area (Å²) in [5.41, 5.74) is 12.2. The number of pyridine rings is 2. The van der Waals surface area contributed by atoms with Crippen molar-refractivity contribution < 1.29 is 0 Å². The number of aromatic nitrogens is 5. The van der Waals surface area contributed by atoms with Crippen molar-refractivity contribution in [3.63, 3.8) is 0 Å². The molecule has 0 spiro atoms. The zero-order valence-electron chi connectivity index (χ0n) is 18.4. The molecule has 0 bridgehead atoms. The van der Waals surface area contributed by atoms with Crippen LogP contribution in [-0.4, -0.2) is 31.2 Å². The largest absolute Gasteiger partial charge is 0.398 e. The van der Waals surface area contributed by atoms with E-state index in [1.165, 1.54) is 11.8 Å². The summed E-state index contributed by atoms with van der Waals surface area (Å²) in [7, 11) is 0. The molecule has 164 valence electrons. The highest BCUT2D eigenvalue weighted by molar-refractivity contribution is 7.98. The predicted octanol–water partition coefficient (Wildman–Crippen LogP) is 5.38. The molecule has 0 fully saturated rings. The first kappa shape index (κ1) is 20.9. The fraction of sp³-hybridized carbons (Fsp3) is 0.125. The normalized spacial score (nSPS) is 11.1. The average Bonchev–Trinajstić information content (AvgIpc) is 2.79. The summed E-state index contributed by atoms with van der Waals surface area (Å²) < 4.78 is 0. The molecule has 5 aromatic rings. The lowest BCUT2D eigenvalue weighted by atomic mass is 10.1. The molecule has 5 rings (SSSR count). The lowest BCUT2D eigenvalue weighted by molar-refractivity contribution is 0.923. The number of nitrogens with one attached hydrogen (secondary N) is 2. The molecule has 4 N–H and O–H groups in total. The first-order valence-electron chi connectivity index (χ1n) is 10.4. The van der Waals surface area contributed by atoms with E-state index in [9.17, 15) is 0 Å². The molecule has 0 aliphatic heterocycles. The van der Waals surface area contributed by atoms with Gasteiger partial charge in [0.1, 0.15) is 0 Å². The van der Waals surface area contributed by atoms with E-state index in [1.807, 2.05) is 68.6 Å².